The van der Waals surface area contributed by atoms with Crippen molar-refractivity contribution >= 4 is 33.3 Å². The Morgan fingerprint density at radius 3 is 2.22 bits per heavy atom. The van der Waals surface area contributed by atoms with E-state index in [0.29, 0.717) is 19.5 Å². The third-order valence-corrected chi connectivity index (χ3v) is 8.23. The highest BCUT2D eigenvalue weighted by atomic mass is 32.1. The van der Waals surface area contributed by atoms with Gasteiger partial charge in [0.05, 0.1) is 5.39 Å². The molecule has 2 aromatic heterocycles. The molecular formula is C30H34N4OS. The van der Waals surface area contributed by atoms with Crippen LogP contribution in [-0.4, -0.2) is 47.0 Å². The summed E-state index contributed by atoms with van der Waals surface area (Å²) in [6.07, 6.45) is 0.711. The number of piperazine rings is 1. The van der Waals surface area contributed by atoms with Gasteiger partial charge in [0.1, 0.15) is 16.5 Å². The Bertz CT molecular complexity index is 1380. The SMILES string of the molecule is Cc1sc2nc(Cc3ccccc3)nc(N3CCN(C(=O)c4ccc(C(C)(C)C)cc4)CC3)c2c1C. The lowest BCUT2D eigenvalue weighted by molar-refractivity contribution is 0.0746. The van der Waals surface area contributed by atoms with Gasteiger partial charge in [-0.2, -0.15) is 0 Å². The Balaban J connectivity index is 1.36. The lowest BCUT2D eigenvalue weighted by Gasteiger charge is -2.36. The van der Waals surface area contributed by atoms with E-state index in [9.17, 15) is 4.79 Å². The predicted molar refractivity (Wildman–Crippen MR) is 149 cm³/mol. The summed E-state index contributed by atoms with van der Waals surface area (Å²) in [5.74, 6) is 1.96. The van der Waals surface area contributed by atoms with E-state index in [4.69, 9.17) is 9.97 Å². The Labute approximate surface area is 217 Å². The van der Waals surface area contributed by atoms with Gasteiger partial charge in [-0.15, -0.1) is 11.3 Å². The number of carbonyl (C=O) groups excluding carboxylic acids is 1. The molecule has 0 atom stereocenters. The van der Waals surface area contributed by atoms with Crippen LogP contribution in [0.15, 0.2) is 54.6 Å². The second-order valence-electron chi connectivity index (χ2n) is 10.7. The Hall–Kier alpha value is -3.25. The zero-order valence-corrected chi connectivity index (χ0v) is 22.7. The van der Waals surface area contributed by atoms with E-state index in [0.717, 1.165) is 40.5 Å². The Kier molecular flexibility index (Phi) is 6.56. The van der Waals surface area contributed by atoms with E-state index >= 15 is 0 Å². The van der Waals surface area contributed by atoms with Crippen LogP contribution in [0, 0.1) is 13.8 Å². The summed E-state index contributed by atoms with van der Waals surface area (Å²) in [5, 5.41) is 1.16. The summed E-state index contributed by atoms with van der Waals surface area (Å²) in [6.45, 7) is 13.8. The Morgan fingerprint density at radius 1 is 0.917 bits per heavy atom. The molecule has 186 valence electrons. The number of carbonyl (C=O) groups is 1. The summed E-state index contributed by atoms with van der Waals surface area (Å²) < 4.78 is 0. The van der Waals surface area contributed by atoms with Crippen LogP contribution in [-0.2, 0) is 11.8 Å². The van der Waals surface area contributed by atoms with Crippen molar-refractivity contribution in [3.8, 4) is 0 Å². The first-order chi connectivity index (χ1) is 17.2. The smallest absolute Gasteiger partial charge is 0.253 e. The number of hydrogen-bond donors (Lipinski definition) is 0. The van der Waals surface area contributed by atoms with Crippen LogP contribution in [0.5, 0.6) is 0 Å². The van der Waals surface area contributed by atoms with Gasteiger partial charge in [-0.1, -0.05) is 63.2 Å². The monoisotopic (exact) mass is 498 g/mol. The van der Waals surface area contributed by atoms with E-state index < -0.39 is 0 Å². The molecule has 0 aliphatic carbocycles. The molecule has 0 spiro atoms. The number of anilines is 1. The van der Waals surface area contributed by atoms with E-state index in [1.54, 1.807) is 11.3 Å². The topological polar surface area (TPSA) is 49.3 Å². The molecule has 4 aromatic rings. The summed E-state index contributed by atoms with van der Waals surface area (Å²) in [7, 11) is 0. The van der Waals surface area contributed by atoms with Crippen molar-refractivity contribution in [2.24, 2.45) is 0 Å². The van der Waals surface area contributed by atoms with Gasteiger partial charge < -0.3 is 9.80 Å². The average molecular weight is 499 g/mol. The second-order valence-corrected chi connectivity index (χ2v) is 11.9. The highest BCUT2D eigenvalue weighted by Gasteiger charge is 2.26. The lowest BCUT2D eigenvalue weighted by Crippen LogP contribution is -2.49. The van der Waals surface area contributed by atoms with Crippen molar-refractivity contribution in [1.82, 2.24) is 14.9 Å². The number of fused-ring (bicyclic) bond motifs is 1. The molecule has 0 N–H and O–H groups in total. The van der Waals surface area contributed by atoms with Crippen molar-refractivity contribution in [2.75, 3.05) is 31.1 Å². The Morgan fingerprint density at radius 2 is 1.58 bits per heavy atom. The molecule has 36 heavy (non-hydrogen) atoms. The zero-order chi connectivity index (χ0) is 25.4. The fourth-order valence-corrected chi connectivity index (χ4v) is 5.82. The number of aryl methyl sites for hydroxylation is 2. The highest BCUT2D eigenvalue weighted by Crippen LogP contribution is 2.35. The van der Waals surface area contributed by atoms with Gasteiger partial charge in [0.15, 0.2) is 0 Å². The zero-order valence-electron chi connectivity index (χ0n) is 21.8. The van der Waals surface area contributed by atoms with Gasteiger partial charge >= 0.3 is 0 Å². The summed E-state index contributed by atoms with van der Waals surface area (Å²) >= 11 is 1.74. The molecule has 0 saturated carbocycles. The van der Waals surface area contributed by atoms with Crippen molar-refractivity contribution in [1.29, 1.82) is 0 Å². The molecule has 0 radical (unpaired) electrons. The number of rotatable bonds is 4. The summed E-state index contributed by atoms with van der Waals surface area (Å²) in [5.41, 5.74) is 4.54. The number of thiophene rings is 1. The number of amides is 1. The number of aromatic nitrogens is 2. The number of hydrogen-bond acceptors (Lipinski definition) is 5. The predicted octanol–water partition coefficient (Wildman–Crippen LogP) is 6.16. The molecule has 1 aliphatic rings. The van der Waals surface area contributed by atoms with Crippen molar-refractivity contribution in [3.63, 3.8) is 0 Å². The third-order valence-electron chi connectivity index (χ3n) is 7.13. The molecule has 1 aliphatic heterocycles. The fraction of sp³-hybridized carbons (Fsp3) is 0.367. The van der Waals surface area contributed by atoms with Crippen LogP contribution in [0.4, 0.5) is 5.82 Å². The van der Waals surface area contributed by atoms with Gasteiger partial charge in [-0.3, -0.25) is 4.79 Å². The number of benzene rings is 2. The van der Waals surface area contributed by atoms with Crippen molar-refractivity contribution < 1.29 is 4.79 Å². The number of nitrogens with zero attached hydrogens (tertiary/aromatic N) is 4. The van der Waals surface area contributed by atoms with Gasteiger partial charge in [0, 0.05) is 43.0 Å². The largest absolute Gasteiger partial charge is 0.352 e. The molecule has 5 rings (SSSR count). The molecule has 1 fully saturated rings. The first-order valence-corrected chi connectivity index (χ1v) is 13.5. The van der Waals surface area contributed by atoms with E-state index in [1.807, 2.05) is 23.1 Å². The molecular weight excluding hydrogens is 464 g/mol. The maximum Gasteiger partial charge on any atom is 0.253 e. The fourth-order valence-electron chi connectivity index (χ4n) is 4.77. The standard InChI is InChI=1S/C30H34N4OS/c1-20-21(2)36-28-26(20)27(31-25(32-28)19-22-9-7-6-8-10-22)33-15-17-34(18-16-33)29(35)23-11-13-24(14-12-23)30(3,4)5/h6-14H,15-19H2,1-5H3. The molecule has 3 heterocycles. The van der Waals surface area contributed by atoms with Crippen molar-refractivity contribution in [2.45, 2.75) is 46.5 Å². The van der Waals surface area contributed by atoms with Crippen LogP contribution in [0.2, 0.25) is 0 Å². The normalized spacial score (nSPS) is 14.5. The van der Waals surface area contributed by atoms with E-state index in [2.05, 4.69) is 75.9 Å². The van der Waals surface area contributed by atoms with Crippen LogP contribution < -0.4 is 4.90 Å². The second kappa shape index (κ2) is 9.66. The van der Waals surface area contributed by atoms with Crippen LogP contribution >= 0.6 is 11.3 Å². The molecule has 1 saturated heterocycles. The first kappa shape index (κ1) is 24.4. The van der Waals surface area contributed by atoms with E-state index in [-0.39, 0.29) is 11.3 Å². The quantitative estimate of drug-likeness (QED) is 0.338. The van der Waals surface area contributed by atoms with Crippen LogP contribution in [0.25, 0.3) is 10.2 Å². The third kappa shape index (κ3) is 4.87. The molecule has 2 aromatic carbocycles. The van der Waals surface area contributed by atoms with Gasteiger partial charge in [-0.25, -0.2) is 9.97 Å². The molecule has 0 unspecified atom stereocenters. The molecule has 5 nitrogen and oxygen atoms in total. The average Bonchev–Trinajstić information content (AvgIpc) is 3.16. The maximum absolute atomic E-state index is 13.2. The minimum absolute atomic E-state index is 0.0770. The van der Waals surface area contributed by atoms with Gasteiger partial charge in [-0.05, 0) is 48.1 Å². The minimum Gasteiger partial charge on any atom is -0.352 e. The van der Waals surface area contributed by atoms with Gasteiger partial charge in [0.2, 0.25) is 0 Å². The molecule has 1 amide bonds. The van der Waals surface area contributed by atoms with Gasteiger partial charge in [0.25, 0.3) is 5.91 Å². The highest BCUT2D eigenvalue weighted by molar-refractivity contribution is 7.18. The minimum atomic E-state index is 0.0770. The lowest BCUT2D eigenvalue weighted by atomic mass is 9.86. The molecule has 6 heteroatoms. The first-order valence-electron chi connectivity index (χ1n) is 12.7. The van der Waals surface area contributed by atoms with E-state index in [1.165, 1.54) is 21.6 Å². The van der Waals surface area contributed by atoms with Crippen molar-refractivity contribution in [3.05, 3.63) is 87.6 Å². The van der Waals surface area contributed by atoms with Crippen LogP contribution in [0.1, 0.15) is 58.5 Å². The maximum atomic E-state index is 13.2. The summed E-state index contributed by atoms with van der Waals surface area (Å²) in [6, 6.07) is 18.5. The summed E-state index contributed by atoms with van der Waals surface area (Å²) in [4.78, 5) is 29.9. The van der Waals surface area contributed by atoms with Crippen LogP contribution in [0.3, 0.4) is 0 Å². The molecule has 0 bridgehead atoms.